The Bertz CT molecular complexity index is 437. The maximum Gasteiger partial charge on any atom is 0.191 e. The van der Waals surface area contributed by atoms with E-state index in [-0.39, 0.29) is 5.54 Å². The van der Waals surface area contributed by atoms with Gasteiger partial charge in [-0.05, 0) is 39.4 Å². The average molecular weight is 290 g/mol. The van der Waals surface area contributed by atoms with E-state index < -0.39 is 0 Å². The largest absolute Gasteiger partial charge is 0.356 e. The topological polar surface area (TPSA) is 39.7 Å². The average Bonchev–Trinajstić information content (AvgIpc) is 2.47. The van der Waals surface area contributed by atoms with Gasteiger partial charge in [0.25, 0.3) is 0 Å². The van der Waals surface area contributed by atoms with Crippen LogP contribution in [-0.2, 0) is 0 Å². The molecule has 0 amide bonds. The zero-order chi connectivity index (χ0) is 15.9. The minimum absolute atomic E-state index is 0.0860. The zero-order valence-corrected chi connectivity index (χ0v) is 14.3. The molecule has 0 bridgehead atoms. The number of aliphatic imine (C=N–C) groups is 1. The van der Waals surface area contributed by atoms with E-state index >= 15 is 0 Å². The molecule has 0 heterocycles. The van der Waals surface area contributed by atoms with Crippen molar-refractivity contribution < 1.29 is 0 Å². The van der Waals surface area contributed by atoms with E-state index in [1.807, 2.05) is 13.1 Å². The summed E-state index contributed by atoms with van der Waals surface area (Å²) in [7, 11) is 6.00. The minimum Gasteiger partial charge on any atom is -0.356 e. The van der Waals surface area contributed by atoms with Gasteiger partial charge >= 0.3 is 0 Å². The van der Waals surface area contributed by atoms with Crippen LogP contribution < -0.4 is 10.6 Å². The highest BCUT2D eigenvalue weighted by molar-refractivity contribution is 5.79. The second kappa shape index (κ2) is 8.03. The molecule has 1 rings (SSSR count). The van der Waals surface area contributed by atoms with Crippen molar-refractivity contribution in [3.05, 3.63) is 35.9 Å². The van der Waals surface area contributed by atoms with Crippen molar-refractivity contribution in [3.63, 3.8) is 0 Å². The molecule has 0 fully saturated rings. The molecular formula is C17H30N4. The van der Waals surface area contributed by atoms with Crippen LogP contribution >= 0.6 is 0 Å². The fourth-order valence-corrected chi connectivity index (χ4v) is 1.83. The first-order valence-corrected chi connectivity index (χ1v) is 7.53. The van der Waals surface area contributed by atoms with Gasteiger partial charge in [-0.2, -0.15) is 0 Å². The molecular weight excluding hydrogens is 260 g/mol. The lowest BCUT2D eigenvalue weighted by Gasteiger charge is -2.33. The minimum atomic E-state index is 0.0860. The highest BCUT2D eigenvalue weighted by Gasteiger charge is 2.20. The van der Waals surface area contributed by atoms with Gasteiger partial charge < -0.3 is 15.5 Å². The maximum absolute atomic E-state index is 4.29. The Labute approximate surface area is 129 Å². The van der Waals surface area contributed by atoms with Gasteiger partial charge in [0.05, 0.1) is 0 Å². The number of nitrogens with one attached hydrogen (secondary N) is 2. The lowest BCUT2D eigenvalue weighted by molar-refractivity contribution is 0.197. The normalized spacial score (nSPS) is 14.1. The predicted molar refractivity (Wildman–Crippen MR) is 92.0 cm³/mol. The molecule has 0 aliphatic rings. The van der Waals surface area contributed by atoms with Crippen LogP contribution in [0.25, 0.3) is 0 Å². The van der Waals surface area contributed by atoms with E-state index in [0.29, 0.717) is 5.92 Å². The first-order chi connectivity index (χ1) is 9.86. The number of benzene rings is 1. The molecule has 1 aromatic rings. The monoisotopic (exact) mass is 290 g/mol. The van der Waals surface area contributed by atoms with Gasteiger partial charge in [-0.15, -0.1) is 0 Å². The van der Waals surface area contributed by atoms with E-state index in [1.54, 1.807) is 0 Å². The fraction of sp³-hybridized carbons (Fsp3) is 0.588. The molecule has 0 aliphatic heterocycles. The van der Waals surface area contributed by atoms with Gasteiger partial charge in [-0.25, -0.2) is 0 Å². The third-order valence-corrected chi connectivity index (χ3v) is 4.07. The summed E-state index contributed by atoms with van der Waals surface area (Å²) >= 11 is 0. The first kappa shape index (κ1) is 17.5. The molecule has 0 aromatic heterocycles. The van der Waals surface area contributed by atoms with Crippen LogP contribution in [0.1, 0.15) is 32.3 Å². The third kappa shape index (κ3) is 5.76. The molecule has 118 valence electrons. The van der Waals surface area contributed by atoms with E-state index in [2.05, 4.69) is 79.7 Å². The second-order valence-electron chi connectivity index (χ2n) is 6.33. The van der Waals surface area contributed by atoms with Crippen molar-refractivity contribution in [2.45, 2.75) is 32.2 Å². The summed E-state index contributed by atoms with van der Waals surface area (Å²) in [6.07, 6.45) is 0. The van der Waals surface area contributed by atoms with Crippen LogP contribution in [0, 0.1) is 0 Å². The van der Waals surface area contributed by atoms with Gasteiger partial charge in [0.2, 0.25) is 0 Å². The third-order valence-electron chi connectivity index (χ3n) is 4.07. The lowest BCUT2D eigenvalue weighted by atomic mass is 10.0. The predicted octanol–water partition coefficient (Wildman–Crippen LogP) is 2.30. The highest BCUT2D eigenvalue weighted by Crippen LogP contribution is 2.13. The van der Waals surface area contributed by atoms with Crippen LogP contribution in [-0.4, -0.2) is 50.6 Å². The van der Waals surface area contributed by atoms with Crippen LogP contribution in [0.2, 0.25) is 0 Å². The fourth-order valence-electron chi connectivity index (χ4n) is 1.83. The summed E-state index contributed by atoms with van der Waals surface area (Å²) in [5.41, 5.74) is 1.43. The van der Waals surface area contributed by atoms with E-state index in [0.717, 1.165) is 19.0 Å². The van der Waals surface area contributed by atoms with Crippen molar-refractivity contribution in [1.82, 2.24) is 15.5 Å². The Morgan fingerprint density at radius 2 is 1.81 bits per heavy atom. The van der Waals surface area contributed by atoms with E-state index in [1.165, 1.54) is 5.56 Å². The first-order valence-electron chi connectivity index (χ1n) is 7.53. The van der Waals surface area contributed by atoms with Gasteiger partial charge in [-0.1, -0.05) is 37.3 Å². The Balaban J connectivity index is 2.45. The number of hydrogen-bond acceptors (Lipinski definition) is 2. The molecule has 21 heavy (non-hydrogen) atoms. The Hall–Kier alpha value is -1.55. The van der Waals surface area contributed by atoms with Gasteiger partial charge in [-0.3, -0.25) is 4.99 Å². The highest BCUT2D eigenvalue weighted by atomic mass is 15.2. The van der Waals surface area contributed by atoms with Crippen LogP contribution in [0.15, 0.2) is 35.3 Å². The molecule has 1 aromatic carbocycles. The van der Waals surface area contributed by atoms with Crippen molar-refractivity contribution in [2.24, 2.45) is 4.99 Å². The number of rotatable bonds is 6. The summed E-state index contributed by atoms with van der Waals surface area (Å²) in [6.45, 7) is 8.35. The summed E-state index contributed by atoms with van der Waals surface area (Å²) in [6, 6.07) is 10.5. The van der Waals surface area contributed by atoms with Crippen molar-refractivity contribution in [2.75, 3.05) is 34.2 Å². The Morgan fingerprint density at radius 3 is 2.33 bits per heavy atom. The number of guanidine groups is 1. The SMILES string of the molecule is CN=C(NCC(C)c1ccccc1)NCC(C)(C)N(C)C. The maximum atomic E-state index is 4.29. The summed E-state index contributed by atoms with van der Waals surface area (Å²) in [4.78, 5) is 6.50. The molecule has 0 spiro atoms. The Morgan fingerprint density at radius 1 is 1.19 bits per heavy atom. The van der Waals surface area contributed by atoms with E-state index in [4.69, 9.17) is 0 Å². The standard InChI is InChI=1S/C17H30N4/c1-14(15-10-8-7-9-11-15)12-19-16(18-4)20-13-17(2,3)21(5)6/h7-11,14H,12-13H2,1-6H3,(H2,18,19,20). The quantitative estimate of drug-likeness (QED) is 0.624. The van der Waals surface area contributed by atoms with E-state index in [9.17, 15) is 0 Å². The number of likely N-dealkylation sites (N-methyl/N-ethyl adjacent to an activating group) is 1. The molecule has 0 radical (unpaired) electrons. The zero-order valence-electron chi connectivity index (χ0n) is 14.3. The molecule has 0 aliphatic carbocycles. The molecule has 2 N–H and O–H groups in total. The molecule has 4 heteroatoms. The Kier molecular flexibility index (Phi) is 6.69. The molecule has 4 nitrogen and oxygen atoms in total. The summed E-state index contributed by atoms with van der Waals surface area (Å²) in [5.74, 6) is 1.30. The summed E-state index contributed by atoms with van der Waals surface area (Å²) in [5, 5.41) is 6.79. The smallest absolute Gasteiger partial charge is 0.191 e. The number of hydrogen-bond donors (Lipinski definition) is 2. The number of nitrogens with zero attached hydrogens (tertiary/aromatic N) is 2. The van der Waals surface area contributed by atoms with Crippen LogP contribution in [0.4, 0.5) is 0 Å². The van der Waals surface area contributed by atoms with Crippen molar-refractivity contribution >= 4 is 5.96 Å². The second-order valence-corrected chi connectivity index (χ2v) is 6.33. The molecule has 1 atom stereocenters. The lowest BCUT2D eigenvalue weighted by Crippen LogP contribution is -2.51. The molecule has 0 saturated heterocycles. The van der Waals surface area contributed by atoms with Crippen LogP contribution in [0.3, 0.4) is 0 Å². The summed E-state index contributed by atoms with van der Waals surface area (Å²) < 4.78 is 0. The van der Waals surface area contributed by atoms with Gasteiger partial charge in [0.1, 0.15) is 0 Å². The van der Waals surface area contributed by atoms with Crippen molar-refractivity contribution in [1.29, 1.82) is 0 Å². The van der Waals surface area contributed by atoms with Crippen LogP contribution in [0.5, 0.6) is 0 Å². The van der Waals surface area contributed by atoms with Gasteiger partial charge in [0, 0.05) is 25.7 Å². The molecule has 0 saturated carbocycles. The van der Waals surface area contributed by atoms with Crippen molar-refractivity contribution in [3.8, 4) is 0 Å². The van der Waals surface area contributed by atoms with Gasteiger partial charge in [0.15, 0.2) is 5.96 Å². The molecule has 1 unspecified atom stereocenters.